The molecule has 0 bridgehead atoms. The number of rotatable bonds is 3. The zero-order valence-corrected chi connectivity index (χ0v) is 12.1. The highest BCUT2D eigenvalue weighted by Crippen LogP contribution is 2.15. The molecule has 2 heterocycles. The van der Waals surface area contributed by atoms with Crippen LogP contribution in [0.3, 0.4) is 0 Å². The Hall–Kier alpha value is -1.85. The molecule has 2 N–H and O–H groups in total. The van der Waals surface area contributed by atoms with E-state index in [-0.39, 0.29) is 23.0 Å². The monoisotopic (exact) mass is 306 g/mol. The Kier molecular flexibility index (Phi) is 3.94. The van der Waals surface area contributed by atoms with Crippen LogP contribution in [-0.4, -0.2) is 30.1 Å². The molecule has 1 aliphatic rings. The van der Waals surface area contributed by atoms with Crippen LogP contribution >= 0.6 is 11.6 Å². The highest BCUT2D eigenvalue weighted by Gasteiger charge is 2.18. The molecular formula is C15H15ClN2O3. The van der Waals surface area contributed by atoms with Gasteiger partial charge in [-0.1, -0.05) is 11.6 Å². The zero-order chi connectivity index (χ0) is 14.8. The van der Waals surface area contributed by atoms with Crippen LogP contribution in [0.2, 0.25) is 5.02 Å². The molecular weight excluding hydrogens is 292 g/mol. The van der Waals surface area contributed by atoms with Crippen molar-refractivity contribution in [1.82, 2.24) is 10.3 Å². The van der Waals surface area contributed by atoms with Gasteiger partial charge >= 0.3 is 0 Å². The van der Waals surface area contributed by atoms with Crippen molar-refractivity contribution in [2.24, 2.45) is 0 Å². The van der Waals surface area contributed by atoms with Crippen LogP contribution in [0.5, 0.6) is 0 Å². The smallest absolute Gasteiger partial charge is 0.256 e. The number of amides is 1. The molecule has 1 aliphatic heterocycles. The summed E-state index contributed by atoms with van der Waals surface area (Å²) in [6.07, 6.45) is 3.42. The lowest BCUT2D eigenvalue weighted by Gasteiger charge is -2.10. The van der Waals surface area contributed by atoms with Gasteiger partial charge in [0.15, 0.2) is 0 Å². The minimum Gasteiger partial charge on any atom is -0.376 e. The molecule has 1 aromatic carbocycles. The number of pyridine rings is 1. The lowest BCUT2D eigenvalue weighted by molar-refractivity contribution is 0.0857. The number of aromatic nitrogens is 1. The third kappa shape index (κ3) is 2.94. The fourth-order valence-electron chi connectivity index (χ4n) is 2.47. The van der Waals surface area contributed by atoms with E-state index in [0.29, 0.717) is 22.5 Å². The van der Waals surface area contributed by atoms with Gasteiger partial charge in [-0.2, -0.15) is 0 Å². The summed E-state index contributed by atoms with van der Waals surface area (Å²) >= 11 is 5.88. The van der Waals surface area contributed by atoms with E-state index in [1.54, 1.807) is 18.2 Å². The number of halogens is 1. The first-order valence-corrected chi connectivity index (χ1v) is 7.24. The standard InChI is InChI=1S/C15H15ClN2O3/c16-9-3-4-11-13(6-9)17-8-12(14(11)19)15(20)18-7-10-2-1-5-21-10/h3-4,6,8,10H,1-2,5,7H2,(H,17,19)(H,18,20)/t10-/m0/s1. The summed E-state index contributed by atoms with van der Waals surface area (Å²) in [4.78, 5) is 27.4. The summed E-state index contributed by atoms with van der Waals surface area (Å²) in [5.74, 6) is -0.386. The van der Waals surface area contributed by atoms with Gasteiger partial charge in [-0.25, -0.2) is 0 Å². The average Bonchev–Trinajstić information content (AvgIpc) is 2.98. The lowest BCUT2D eigenvalue weighted by atomic mass is 10.1. The summed E-state index contributed by atoms with van der Waals surface area (Å²) < 4.78 is 5.44. The third-order valence-corrected chi connectivity index (χ3v) is 3.84. The molecule has 5 nitrogen and oxygen atoms in total. The van der Waals surface area contributed by atoms with Gasteiger partial charge < -0.3 is 15.0 Å². The largest absolute Gasteiger partial charge is 0.376 e. The number of hydrogen-bond acceptors (Lipinski definition) is 3. The molecule has 0 spiro atoms. The van der Waals surface area contributed by atoms with Gasteiger partial charge in [-0.15, -0.1) is 0 Å². The van der Waals surface area contributed by atoms with E-state index in [9.17, 15) is 9.59 Å². The maximum atomic E-state index is 12.3. The van der Waals surface area contributed by atoms with Crippen molar-refractivity contribution in [2.45, 2.75) is 18.9 Å². The molecule has 110 valence electrons. The molecule has 3 rings (SSSR count). The highest BCUT2D eigenvalue weighted by atomic mass is 35.5. The molecule has 2 aromatic rings. The van der Waals surface area contributed by atoms with E-state index in [1.165, 1.54) is 6.20 Å². The Bertz CT molecular complexity index is 735. The molecule has 1 aromatic heterocycles. The average molecular weight is 307 g/mol. The minimum atomic E-state index is -0.386. The number of aromatic amines is 1. The van der Waals surface area contributed by atoms with Crippen LogP contribution in [0.15, 0.2) is 29.2 Å². The SMILES string of the molecule is O=C(NC[C@@H]1CCCO1)c1c[nH]c2cc(Cl)ccc2c1=O. The second-order valence-electron chi connectivity index (χ2n) is 5.07. The van der Waals surface area contributed by atoms with Crippen molar-refractivity contribution in [3.05, 3.63) is 45.2 Å². The predicted octanol–water partition coefficient (Wildman–Crippen LogP) is 2.09. The lowest BCUT2D eigenvalue weighted by Crippen LogP contribution is -2.34. The Morgan fingerprint density at radius 3 is 3.10 bits per heavy atom. The Morgan fingerprint density at radius 1 is 1.48 bits per heavy atom. The summed E-state index contributed by atoms with van der Waals surface area (Å²) in [5, 5.41) is 3.73. The summed E-state index contributed by atoms with van der Waals surface area (Å²) in [5.41, 5.74) is 0.413. The van der Waals surface area contributed by atoms with E-state index in [4.69, 9.17) is 16.3 Å². The number of carbonyl (C=O) groups is 1. The summed E-state index contributed by atoms with van der Waals surface area (Å²) in [6.45, 7) is 1.16. The van der Waals surface area contributed by atoms with Crippen molar-refractivity contribution in [3.8, 4) is 0 Å². The van der Waals surface area contributed by atoms with E-state index in [1.807, 2.05) is 0 Å². The fourth-order valence-corrected chi connectivity index (χ4v) is 2.64. The maximum absolute atomic E-state index is 12.3. The van der Waals surface area contributed by atoms with Crippen molar-refractivity contribution >= 4 is 28.4 Å². The number of carbonyl (C=O) groups excluding carboxylic acids is 1. The van der Waals surface area contributed by atoms with Crippen molar-refractivity contribution in [3.63, 3.8) is 0 Å². The van der Waals surface area contributed by atoms with E-state index >= 15 is 0 Å². The van der Waals surface area contributed by atoms with Crippen LogP contribution < -0.4 is 10.7 Å². The fraction of sp³-hybridized carbons (Fsp3) is 0.333. The number of hydrogen-bond donors (Lipinski definition) is 2. The first-order valence-electron chi connectivity index (χ1n) is 6.86. The first kappa shape index (κ1) is 14.1. The van der Waals surface area contributed by atoms with Gasteiger partial charge in [0, 0.05) is 29.8 Å². The van der Waals surface area contributed by atoms with Crippen LogP contribution in [0.4, 0.5) is 0 Å². The molecule has 0 saturated carbocycles. The quantitative estimate of drug-likeness (QED) is 0.912. The molecule has 1 atom stereocenters. The van der Waals surface area contributed by atoms with E-state index in [2.05, 4.69) is 10.3 Å². The van der Waals surface area contributed by atoms with Crippen LogP contribution in [0, 0.1) is 0 Å². The van der Waals surface area contributed by atoms with Gasteiger partial charge in [0.05, 0.1) is 11.6 Å². The highest BCUT2D eigenvalue weighted by molar-refractivity contribution is 6.31. The predicted molar refractivity (Wildman–Crippen MR) is 80.9 cm³/mol. The van der Waals surface area contributed by atoms with Gasteiger partial charge in [0.2, 0.25) is 5.43 Å². The summed E-state index contributed by atoms with van der Waals surface area (Å²) in [7, 11) is 0. The second kappa shape index (κ2) is 5.87. The van der Waals surface area contributed by atoms with Gasteiger partial charge in [-0.3, -0.25) is 9.59 Å². The van der Waals surface area contributed by atoms with E-state index in [0.717, 1.165) is 19.4 Å². The molecule has 1 saturated heterocycles. The number of ether oxygens (including phenoxy) is 1. The normalized spacial score (nSPS) is 18.0. The molecule has 1 amide bonds. The van der Waals surface area contributed by atoms with Crippen molar-refractivity contribution < 1.29 is 9.53 Å². The Labute approximate surface area is 126 Å². The molecule has 0 aliphatic carbocycles. The molecule has 6 heteroatoms. The molecule has 0 radical (unpaired) electrons. The first-order chi connectivity index (χ1) is 10.1. The topological polar surface area (TPSA) is 71.2 Å². The third-order valence-electron chi connectivity index (χ3n) is 3.60. The van der Waals surface area contributed by atoms with Crippen LogP contribution in [0.25, 0.3) is 10.9 Å². The zero-order valence-electron chi connectivity index (χ0n) is 11.3. The molecule has 1 fully saturated rings. The van der Waals surface area contributed by atoms with Gasteiger partial charge in [0.25, 0.3) is 5.91 Å². The van der Waals surface area contributed by atoms with Gasteiger partial charge in [-0.05, 0) is 31.0 Å². The molecule has 0 unspecified atom stereocenters. The second-order valence-corrected chi connectivity index (χ2v) is 5.50. The maximum Gasteiger partial charge on any atom is 0.256 e. The van der Waals surface area contributed by atoms with Crippen molar-refractivity contribution in [2.75, 3.05) is 13.2 Å². The summed E-state index contributed by atoms with van der Waals surface area (Å²) in [6, 6.07) is 4.91. The molecule has 21 heavy (non-hydrogen) atoms. The Balaban J connectivity index is 1.82. The van der Waals surface area contributed by atoms with E-state index < -0.39 is 0 Å². The number of fused-ring (bicyclic) bond motifs is 1. The minimum absolute atomic E-state index is 0.0484. The number of benzene rings is 1. The van der Waals surface area contributed by atoms with Crippen molar-refractivity contribution in [1.29, 1.82) is 0 Å². The Morgan fingerprint density at radius 2 is 2.33 bits per heavy atom. The van der Waals surface area contributed by atoms with Crippen LogP contribution in [-0.2, 0) is 4.74 Å². The van der Waals surface area contributed by atoms with Crippen LogP contribution in [0.1, 0.15) is 23.2 Å². The number of H-pyrrole nitrogens is 1. The number of nitrogens with one attached hydrogen (secondary N) is 2. The van der Waals surface area contributed by atoms with Gasteiger partial charge in [0.1, 0.15) is 5.56 Å².